The molecule has 1 aromatic heterocycles. The second-order valence-corrected chi connectivity index (χ2v) is 5.97. The van der Waals surface area contributed by atoms with Gasteiger partial charge < -0.3 is 9.74 Å². The second kappa shape index (κ2) is 6.80. The number of oxime groups is 1. The summed E-state index contributed by atoms with van der Waals surface area (Å²) in [7, 11) is 1.45. The lowest BCUT2D eigenvalue weighted by atomic mass is 10.0. The molecule has 0 N–H and O–H groups in total. The van der Waals surface area contributed by atoms with E-state index < -0.39 is 0 Å². The Kier molecular flexibility index (Phi) is 4.19. The van der Waals surface area contributed by atoms with E-state index in [-0.39, 0.29) is 5.91 Å². The summed E-state index contributed by atoms with van der Waals surface area (Å²) in [6.07, 6.45) is 3.53. The van der Waals surface area contributed by atoms with Gasteiger partial charge in [-0.3, -0.25) is 9.78 Å². The van der Waals surface area contributed by atoms with E-state index >= 15 is 0 Å². The Labute approximate surface area is 151 Å². The van der Waals surface area contributed by atoms with Gasteiger partial charge in [0, 0.05) is 23.5 Å². The molecule has 0 aliphatic carbocycles. The molecule has 0 fully saturated rings. The van der Waals surface area contributed by atoms with Crippen molar-refractivity contribution in [3.8, 4) is 11.1 Å². The van der Waals surface area contributed by atoms with Gasteiger partial charge in [-0.15, -0.1) is 0 Å². The highest BCUT2D eigenvalue weighted by Gasteiger charge is 2.35. The molecule has 0 saturated carbocycles. The highest BCUT2D eigenvalue weighted by atomic mass is 16.6. The van der Waals surface area contributed by atoms with Crippen LogP contribution in [0.1, 0.15) is 11.1 Å². The zero-order valence-corrected chi connectivity index (χ0v) is 14.3. The van der Waals surface area contributed by atoms with E-state index in [1.54, 1.807) is 17.3 Å². The molecule has 0 radical (unpaired) electrons. The van der Waals surface area contributed by atoms with Gasteiger partial charge in [0.1, 0.15) is 7.11 Å². The zero-order chi connectivity index (χ0) is 17.9. The predicted molar refractivity (Wildman–Crippen MR) is 101 cm³/mol. The van der Waals surface area contributed by atoms with Crippen LogP contribution >= 0.6 is 0 Å². The molecule has 1 aliphatic heterocycles. The van der Waals surface area contributed by atoms with Crippen LogP contribution in [-0.4, -0.2) is 23.7 Å². The van der Waals surface area contributed by atoms with Crippen molar-refractivity contribution in [1.82, 2.24) is 4.98 Å². The fraction of sp³-hybridized carbons (Fsp3) is 0.0952. The molecule has 2 heterocycles. The number of carbonyl (C=O) groups is 1. The van der Waals surface area contributed by atoms with E-state index in [4.69, 9.17) is 4.84 Å². The van der Waals surface area contributed by atoms with Crippen LogP contribution in [0.5, 0.6) is 0 Å². The van der Waals surface area contributed by atoms with E-state index in [0.717, 1.165) is 27.9 Å². The topological polar surface area (TPSA) is 54.8 Å². The van der Waals surface area contributed by atoms with Gasteiger partial charge in [-0.05, 0) is 29.3 Å². The van der Waals surface area contributed by atoms with Crippen LogP contribution in [0.4, 0.5) is 5.69 Å². The molecule has 3 aromatic rings. The first kappa shape index (κ1) is 16.0. The number of nitrogens with zero attached hydrogens (tertiary/aromatic N) is 3. The number of aromatic nitrogens is 1. The van der Waals surface area contributed by atoms with Crippen LogP contribution in [0.15, 0.2) is 78.2 Å². The van der Waals surface area contributed by atoms with E-state index in [9.17, 15) is 4.79 Å². The van der Waals surface area contributed by atoms with Crippen LogP contribution in [0, 0.1) is 0 Å². The van der Waals surface area contributed by atoms with Crippen molar-refractivity contribution >= 4 is 17.3 Å². The van der Waals surface area contributed by atoms with Crippen LogP contribution < -0.4 is 4.90 Å². The summed E-state index contributed by atoms with van der Waals surface area (Å²) in [5.74, 6) is -0.158. The third-order valence-electron chi connectivity index (χ3n) is 4.35. The largest absolute Gasteiger partial charge is 0.398 e. The minimum atomic E-state index is -0.158. The van der Waals surface area contributed by atoms with Gasteiger partial charge in [0.2, 0.25) is 0 Å². The molecular formula is C21H17N3O2. The summed E-state index contributed by atoms with van der Waals surface area (Å²) in [4.78, 5) is 23.7. The van der Waals surface area contributed by atoms with Gasteiger partial charge >= 0.3 is 0 Å². The average molecular weight is 343 g/mol. The first-order valence-corrected chi connectivity index (χ1v) is 8.29. The Balaban J connectivity index is 1.78. The number of benzene rings is 2. The van der Waals surface area contributed by atoms with E-state index in [1.807, 2.05) is 60.7 Å². The Morgan fingerprint density at radius 2 is 1.88 bits per heavy atom. The number of pyridine rings is 1. The molecular weight excluding hydrogens is 326 g/mol. The first-order valence-electron chi connectivity index (χ1n) is 8.29. The molecule has 1 aliphatic rings. The number of amides is 1. The number of fused-ring (bicyclic) bond motifs is 1. The molecule has 2 aromatic carbocycles. The standard InChI is InChI=1S/C21H17N3O2/c1-26-23-20-18-12-16(17-8-5-11-22-13-17)9-10-19(18)24(21(20)25)14-15-6-3-2-4-7-15/h2-13H,14H2,1H3/b23-20+. The lowest BCUT2D eigenvalue weighted by molar-refractivity contribution is -0.112. The summed E-state index contributed by atoms with van der Waals surface area (Å²) < 4.78 is 0. The van der Waals surface area contributed by atoms with Gasteiger partial charge in [0.05, 0.1) is 12.2 Å². The zero-order valence-electron chi connectivity index (χ0n) is 14.3. The van der Waals surface area contributed by atoms with Crippen LogP contribution in [0.3, 0.4) is 0 Å². The van der Waals surface area contributed by atoms with E-state index in [1.165, 1.54) is 7.11 Å². The maximum Gasteiger partial charge on any atom is 0.281 e. The number of rotatable bonds is 4. The molecule has 26 heavy (non-hydrogen) atoms. The molecule has 0 spiro atoms. The Bertz CT molecular complexity index is 969. The third-order valence-corrected chi connectivity index (χ3v) is 4.35. The van der Waals surface area contributed by atoms with Crippen molar-refractivity contribution in [2.24, 2.45) is 5.16 Å². The summed E-state index contributed by atoms with van der Waals surface area (Å²) in [6, 6.07) is 19.7. The molecule has 0 saturated heterocycles. The minimum absolute atomic E-state index is 0.158. The van der Waals surface area contributed by atoms with Crippen LogP contribution in [0.2, 0.25) is 0 Å². The highest BCUT2D eigenvalue weighted by Crippen LogP contribution is 2.34. The summed E-state index contributed by atoms with van der Waals surface area (Å²) in [6.45, 7) is 0.488. The van der Waals surface area contributed by atoms with Crippen molar-refractivity contribution in [3.63, 3.8) is 0 Å². The smallest absolute Gasteiger partial charge is 0.281 e. The molecule has 0 unspecified atom stereocenters. The highest BCUT2D eigenvalue weighted by molar-refractivity contribution is 6.54. The Morgan fingerprint density at radius 1 is 1.04 bits per heavy atom. The molecule has 1 amide bonds. The summed E-state index contributed by atoms with van der Waals surface area (Å²) in [5.41, 5.74) is 4.96. The molecule has 128 valence electrons. The van der Waals surface area contributed by atoms with Crippen molar-refractivity contribution in [1.29, 1.82) is 0 Å². The van der Waals surface area contributed by atoms with Gasteiger partial charge in [0.15, 0.2) is 5.71 Å². The predicted octanol–water partition coefficient (Wildman–Crippen LogP) is 3.65. The minimum Gasteiger partial charge on any atom is -0.398 e. The number of hydrogen-bond acceptors (Lipinski definition) is 4. The third kappa shape index (κ3) is 2.84. The summed E-state index contributed by atoms with van der Waals surface area (Å²) in [5, 5.41) is 3.98. The van der Waals surface area contributed by atoms with Crippen molar-refractivity contribution < 1.29 is 9.63 Å². The first-order chi connectivity index (χ1) is 12.8. The van der Waals surface area contributed by atoms with Gasteiger partial charge in [0.25, 0.3) is 5.91 Å². The van der Waals surface area contributed by atoms with Crippen molar-refractivity contribution in [3.05, 3.63) is 84.2 Å². The molecule has 5 heteroatoms. The van der Waals surface area contributed by atoms with Crippen LogP contribution in [-0.2, 0) is 16.2 Å². The summed E-state index contributed by atoms with van der Waals surface area (Å²) >= 11 is 0. The quantitative estimate of drug-likeness (QED) is 0.680. The van der Waals surface area contributed by atoms with E-state index in [0.29, 0.717) is 12.3 Å². The van der Waals surface area contributed by atoms with Crippen molar-refractivity contribution in [2.45, 2.75) is 6.54 Å². The molecule has 4 rings (SSSR count). The lowest BCUT2D eigenvalue weighted by Crippen LogP contribution is -2.29. The Morgan fingerprint density at radius 3 is 2.62 bits per heavy atom. The number of hydrogen-bond donors (Lipinski definition) is 0. The Hall–Kier alpha value is -3.47. The lowest BCUT2D eigenvalue weighted by Gasteiger charge is -2.17. The van der Waals surface area contributed by atoms with Crippen molar-refractivity contribution in [2.75, 3.05) is 12.0 Å². The number of carbonyl (C=O) groups excluding carboxylic acids is 1. The fourth-order valence-corrected chi connectivity index (χ4v) is 3.13. The van der Waals surface area contributed by atoms with E-state index in [2.05, 4.69) is 10.1 Å². The molecule has 0 bridgehead atoms. The molecule has 5 nitrogen and oxygen atoms in total. The maximum absolute atomic E-state index is 12.9. The fourth-order valence-electron chi connectivity index (χ4n) is 3.13. The van der Waals surface area contributed by atoms with Gasteiger partial charge in [-0.25, -0.2) is 0 Å². The van der Waals surface area contributed by atoms with Gasteiger partial charge in [-0.1, -0.05) is 47.6 Å². The monoisotopic (exact) mass is 343 g/mol. The average Bonchev–Trinajstić information content (AvgIpc) is 2.95. The SMILES string of the molecule is CO/N=C1/C(=O)N(Cc2ccccc2)c2ccc(-c3cccnc3)cc21. The van der Waals surface area contributed by atoms with Crippen LogP contribution in [0.25, 0.3) is 11.1 Å². The normalized spacial score (nSPS) is 14.6. The van der Waals surface area contributed by atoms with Gasteiger partial charge in [-0.2, -0.15) is 0 Å². The molecule has 0 atom stereocenters. The second-order valence-electron chi connectivity index (χ2n) is 5.97. The number of anilines is 1. The maximum atomic E-state index is 12.9.